The smallest absolute Gasteiger partial charge is 0.268 e. The predicted octanol–water partition coefficient (Wildman–Crippen LogP) is 2.90. The second-order valence-electron chi connectivity index (χ2n) is 5.09. The van der Waals surface area contributed by atoms with Crippen LogP contribution in [0, 0.1) is 0 Å². The summed E-state index contributed by atoms with van der Waals surface area (Å²) in [6.45, 7) is 0. The van der Waals surface area contributed by atoms with Crippen molar-refractivity contribution in [2.75, 3.05) is 0 Å². The van der Waals surface area contributed by atoms with Gasteiger partial charge in [-0.3, -0.25) is 8.75 Å². The molecule has 3 rings (SSSR count). The van der Waals surface area contributed by atoms with E-state index in [9.17, 15) is 4.79 Å². The van der Waals surface area contributed by atoms with E-state index in [1.54, 1.807) is 11.5 Å². The Morgan fingerprint density at radius 3 is 2.78 bits per heavy atom. The van der Waals surface area contributed by atoms with Gasteiger partial charge in [-0.2, -0.15) is 0 Å². The normalized spacial score (nSPS) is 25.2. The van der Waals surface area contributed by atoms with Gasteiger partial charge >= 0.3 is 0 Å². The second kappa shape index (κ2) is 4.86. The second-order valence-corrected chi connectivity index (χ2v) is 6.10. The Bertz CT molecular complexity index is 601. The molecule has 1 saturated carbocycles. The fraction of sp³-hybridized carbons (Fsp3) is 0.500. The zero-order valence-corrected chi connectivity index (χ0v) is 11.2. The van der Waals surface area contributed by atoms with Gasteiger partial charge in [0.2, 0.25) is 0 Å². The van der Waals surface area contributed by atoms with Crippen molar-refractivity contribution in [1.82, 2.24) is 3.96 Å². The molecule has 2 atom stereocenters. The number of fused-ring (bicyclic) bond motifs is 1. The van der Waals surface area contributed by atoms with Gasteiger partial charge in [0.1, 0.15) is 0 Å². The van der Waals surface area contributed by atoms with Gasteiger partial charge < -0.3 is 5.73 Å². The third-order valence-corrected chi connectivity index (χ3v) is 5.03. The zero-order valence-electron chi connectivity index (χ0n) is 10.3. The highest BCUT2D eigenvalue weighted by Crippen LogP contribution is 2.29. The van der Waals surface area contributed by atoms with E-state index in [1.807, 2.05) is 28.2 Å². The molecule has 0 spiro atoms. The van der Waals surface area contributed by atoms with Crippen LogP contribution in [0.4, 0.5) is 0 Å². The molecule has 4 heteroatoms. The summed E-state index contributed by atoms with van der Waals surface area (Å²) in [7, 11) is 0. The fourth-order valence-corrected chi connectivity index (χ4v) is 4.00. The molecule has 1 heterocycles. The molecule has 1 aromatic carbocycles. The van der Waals surface area contributed by atoms with Crippen LogP contribution in [0.3, 0.4) is 0 Å². The maximum atomic E-state index is 12.4. The Labute approximate surface area is 110 Å². The third-order valence-electron chi connectivity index (χ3n) is 3.85. The zero-order chi connectivity index (χ0) is 12.5. The van der Waals surface area contributed by atoms with Crippen LogP contribution in [0.5, 0.6) is 0 Å². The van der Waals surface area contributed by atoms with E-state index in [0.717, 1.165) is 22.9 Å². The topological polar surface area (TPSA) is 48.0 Å². The molecule has 0 bridgehead atoms. The molecule has 0 aliphatic heterocycles. The summed E-state index contributed by atoms with van der Waals surface area (Å²) < 4.78 is 2.99. The van der Waals surface area contributed by atoms with Crippen molar-refractivity contribution in [2.45, 2.75) is 44.2 Å². The van der Waals surface area contributed by atoms with Crippen LogP contribution < -0.4 is 11.3 Å². The highest BCUT2D eigenvalue weighted by atomic mass is 32.1. The molecule has 0 amide bonds. The van der Waals surface area contributed by atoms with E-state index in [1.165, 1.54) is 19.3 Å². The van der Waals surface area contributed by atoms with Gasteiger partial charge in [0.05, 0.1) is 16.1 Å². The summed E-state index contributed by atoms with van der Waals surface area (Å²) >= 11 is 1.57. The minimum absolute atomic E-state index is 0.123. The number of nitrogens with zero attached hydrogens (tertiary/aromatic N) is 1. The van der Waals surface area contributed by atoms with Crippen molar-refractivity contribution in [3.05, 3.63) is 34.6 Å². The lowest BCUT2D eigenvalue weighted by atomic mass is 10.1. The highest BCUT2D eigenvalue weighted by Gasteiger charge is 2.24. The monoisotopic (exact) mass is 262 g/mol. The summed E-state index contributed by atoms with van der Waals surface area (Å²) in [6, 6.07) is 8.15. The largest absolute Gasteiger partial charge is 0.326 e. The average molecular weight is 262 g/mol. The first-order chi connectivity index (χ1) is 8.77. The molecule has 1 fully saturated rings. The Kier molecular flexibility index (Phi) is 3.22. The van der Waals surface area contributed by atoms with Gasteiger partial charge in [-0.15, -0.1) is 0 Å². The standard InChI is InChI=1S/C14H18N2OS/c15-11-7-2-1-3-8-12(11)16-14(17)10-6-4-5-9-13(10)18-16/h4-6,9,11-12H,1-3,7-8,15H2. The molecule has 2 aromatic rings. The molecular weight excluding hydrogens is 244 g/mol. The molecular formula is C14H18N2OS. The van der Waals surface area contributed by atoms with Gasteiger partial charge in [-0.05, 0) is 25.0 Å². The Morgan fingerprint density at radius 1 is 1.17 bits per heavy atom. The van der Waals surface area contributed by atoms with Gasteiger partial charge in [0.25, 0.3) is 5.56 Å². The quantitative estimate of drug-likeness (QED) is 0.803. The van der Waals surface area contributed by atoms with Crippen LogP contribution in [0.2, 0.25) is 0 Å². The summed E-state index contributed by atoms with van der Waals surface area (Å²) in [4.78, 5) is 12.4. The molecule has 1 aliphatic rings. The summed E-state index contributed by atoms with van der Waals surface area (Å²) in [5.41, 5.74) is 6.39. The van der Waals surface area contributed by atoms with Crippen LogP contribution in [-0.4, -0.2) is 10.00 Å². The first-order valence-corrected chi connectivity index (χ1v) is 7.41. The van der Waals surface area contributed by atoms with E-state index >= 15 is 0 Å². The number of rotatable bonds is 1. The first-order valence-electron chi connectivity index (χ1n) is 6.63. The third kappa shape index (κ3) is 1.99. The van der Waals surface area contributed by atoms with Crippen molar-refractivity contribution < 1.29 is 0 Å². The number of hydrogen-bond donors (Lipinski definition) is 1. The molecule has 0 saturated heterocycles. The minimum Gasteiger partial charge on any atom is -0.326 e. The van der Waals surface area contributed by atoms with Gasteiger partial charge in [0, 0.05) is 6.04 Å². The number of nitrogens with two attached hydrogens (primary N) is 1. The van der Waals surface area contributed by atoms with E-state index in [2.05, 4.69) is 0 Å². The molecule has 1 aliphatic carbocycles. The average Bonchev–Trinajstić information content (AvgIpc) is 2.57. The van der Waals surface area contributed by atoms with Crippen LogP contribution >= 0.6 is 11.5 Å². The van der Waals surface area contributed by atoms with Crippen LogP contribution in [0.15, 0.2) is 29.1 Å². The lowest BCUT2D eigenvalue weighted by Crippen LogP contribution is -2.34. The van der Waals surface area contributed by atoms with E-state index in [-0.39, 0.29) is 17.6 Å². The van der Waals surface area contributed by atoms with Crippen molar-refractivity contribution in [3.63, 3.8) is 0 Å². The van der Waals surface area contributed by atoms with Crippen molar-refractivity contribution >= 4 is 21.6 Å². The van der Waals surface area contributed by atoms with Crippen LogP contribution in [0.1, 0.15) is 38.1 Å². The van der Waals surface area contributed by atoms with E-state index < -0.39 is 0 Å². The first kappa shape index (κ1) is 11.9. The lowest BCUT2D eigenvalue weighted by molar-refractivity contribution is 0.404. The van der Waals surface area contributed by atoms with Crippen LogP contribution in [-0.2, 0) is 0 Å². The highest BCUT2D eigenvalue weighted by molar-refractivity contribution is 7.13. The molecule has 0 radical (unpaired) electrons. The fourth-order valence-electron chi connectivity index (χ4n) is 2.82. The summed E-state index contributed by atoms with van der Waals surface area (Å²) in [6.07, 6.45) is 5.68. The van der Waals surface area contributed by atoms with E-state index in [4.69, 9.17) is 5.73 Å². The maximum absolute atomic E-state index is 12.4. The Hall–Kier alpha value is -1.13. The van der Waals surface area contributed by atoms with Gasteiger partial charge in [-0.25, -0.2) is 0 Å². The maximum Gasteiger partial charge on any atom is 0.268 e. The number of hydrogen-bond acceptors (Lipinski definition) is 3. The summed E-state index contributed by atoms with van der Waals surface area (Å²) in [5.74, 6) is 0. The van der Waals surface area contributed by atoms with Crippen molar-refractivity contribution in [3.8, 4) is 0 Å². The summed E-state index contributed by atoms with van der Waals surface area (Å²) in [5, 5.41) is 0.832. The van der Waals surface area contributed by atoms with Gasteiger partial charge in [-0.1, -0.05) is 42.9 Å². The molecule has 1 aromatic heterocycles. The molecule has 3 nitrogen and oxygen atoms in total. The van der Waals surface area contributed by atoms with Crippen LogP contribution in [0.25, 0.3) is 10.1 Å². The number of aromatic nitrogens is 1. The molecule has 96 valence electrons. The lowest BCUT2D eigenvalue weighted by Gasteiger charge is -2.21. The SMILES string of the molecule is NC1CCCCCC1n1sc2ccccc2c1=O. The van der Waals surface area contributed by atoms with Gasteiger partial charge in [0.15, 0.2) is 0 Å². The van der Waals surface area contributed by atoms with E-state index in [0.29, 0.717) is 0 Å². The number of benzene rings is 1. The Balaban J connectivity index is 2.07. The van der Waals surface area contributed by atoms with Crippen molar-refractivity contribution in [2.24, 2.45) is 5.73 Å². The molecule has 2 unspecified atom stereocenters. The minimum atomic E-state index is 0.123. The Morgan fingerprint density at radius 2 is 1.94 bits per heavy atom. The molecule has 2 N–H and O–H groups in total. The van der Waals surface area contributed by atoms with Crippen molar-refractivity contribution in [1.29, 1.82) is 0 Å². The molecule has 18 heavy (non-hydrogen) atoms. The predicted molar refractivity (Wildman–Crippen MR) is 76.2 cm³/mol.